The molecule has 0 bridgehead atoms. The lowest BCUT2D eigenvalue weighted by molar-refractivity contribution is 0.135. The molecule has 0 saturated carbocycles. The number of hydrogen-bond acceptors (Lipinski definition) is 5. The largest absolute Gasteiger partial charge is 0.387 e. The van der Waals surface area contributed by atoms with E-state index in [-0.39, 0.29) is 11.7 Å². The number of H-pyrrole nitrogens is 1. The van der Waals surface area contributed by atoms with Gasteiger partial charge in [-0.25, -0.2) is 14.8 Å². The highest BCUT2D eigenvalue weighted by molar-refractivity contribution is 5.75. The summed E-state index contributed by atoms with van der Waals surface area (Å²) in [5.41, 5.74) is 3.90. The molecule has 7 nitrogen and oxygen atoms in total. The van der Waals surface area contributed by atoms with Crippen LogP contribution in [0.1, 0.15) is 35.9 Å². The number of aliphatic hydroxyl groups is 1. The Morgan fingerprint density at radius 2 is 2.00 bits per heavy atom. The second kappa shape index (κ2) is 9.06. The van der Waals surface area contributed by atoms with Crippen LogP contribution in [0.15, 0.2) is 71.8 Å². The number of aromatic nitrogens is 4. The Kier molecular flexibility index (Phi) is 5.83. The van der Waals surface area contributed by atoms with Crippen LogP contribution in [-0.4, -0.2) is 36.7 Å². The fraction of sp³-hybridized carbons (Fsp3) is 0.320. The highest BCUT2D eigenvalue weighted by Crippen LogP contribution is 2.27. The zero-order chi connectivity index (χ0) is 21.9. The molecule has 0 spiro atoms. The van der Waals surface area contributed by atoms with Gasteiger partial charge in [0, 0.05) is 37.4 Å². The molecule has 1 aliphatic heterocycles. The molecule has 1 aliphatic rings. The Morgan fingerprint density at radius 1 is 1.12 bits per heavy atom. The van der Waals surface area contributed by atoms with Crippen LogP contribution < -0.4 is 11.0 Å². The van der Waals surface area contributed by atoms with Crippen molar-refractivity contribution in [3.05, 3.63) is 94.4 Å². The normalized spacial score (nSPS) is 19.4. The van der Waals surface area contributed by atoms with E-state index in [2.05, 4.69) is 32.4 Å². The molecule has 2 aromatic heterocycles. The Balaban J connectivity index is 1.22. The Bertz CT molecular complexity index is 1250. The number of imidazole rings is 1. The van der Waals surface area contributed by atoms with Crippen LogP contribution in [0.2, 0.25) is 0 Å². The lowest BCUT2D eigenvalue weighted by atomic mass is 10.0. The van der Waals surface area contributed by atoms with E-state index in [1.54, 1.807) is 16.8 Å². The molecule has 5 rings (SSSR count). The number of benzene rings is 2. The first-order chi connectivity index (χ1) is 15.7. The maximum absolute atomic E-state index is 11.8. The number of rotatable bonds is 7. The van der Waals surface area contributed by atoms with E-state index in [1.165, 1.54) is 11.8 Å². The molecular weight excluding hydrogens is 402 g/mol. The van der Waals surface area contributed by atoms with Crippen LogP contribution in [0.5, 0.6) is 0 Å². The monoisotopic (exact) mass is 429 g/mol. The van der Waals surface area contributed by atoms with Gasteiger partial charge < -0.3 is 15.4 Å². The first kappa shape index (κ1) is 20.6. The fourth-order valence-electron chi connectivity index (χ4n) is 4.57. The summed E-state index contributed by atoms with van der Waals surface area (Å²) in [6.07, 6.45) is 6.32. The van der Waals surface area contributed by atoms with Crippen LogP contribution in [0, 0.1) is 0 Å². The molecule has 1 saturated heterocycles. The van der Waals surface area contributed by atoms with Crippen molar-refractivity contribution in [3.63, 3.8) is 0 Å². The maximum atomic E-state index is 11.8. The average molecular weight is 430 g/mol. The van der Waals surface area contributed by atoms with Crippen molar-refractivity contribution in [1.29, 1.82) is 0 Å². The van der Waals surface area contributed by atoms with E-state index in [0.717, 1.165) is 41.7 Å². The Morgan fingerprint density at radius 3 is 2.84 bits per heavy atom. The fourth-order valence-corrected chi connectivity index (χ4v) is 4.57. The van der Waals surface area contributed by atoms with Crippen LogP contribution >= 0.6 is 0 Å². The van der Waals surface area contributed by atoms with Crippen molar-refractivity contribution in [2.24, 2.45) is 0 Å². The maximum Gasteiger partial charge on any atom is 0.347 e. The predicted octanol–water partition coefficient (Wildman–Crippen LogP) is 2.76. The number of nitrogens with zero attached hydrogens (tertiary/aromatic N) is 3. The van der Waals surface area contributed by atoms with Crippen molar-refractivity contribution in [2.45, 2.75) is 50.4 Å². The highest BCUT2D eigenvalue weighted by atomic mass is 16.3. The smallest absolute Gasteiger partial charge is 0.347 e. The van der Waals surface area contributed by atoms with E-state index in [4.69, 9.17) is 0 Å². The molecule has 2 aromatic carbocycles. The number of hydrogen-bond donors (Lipinski definition) is 3. The molecule has 0 aliphatic carbocycles. The summed E-state index contributed by atoms with van der Waals surface area (Å²) >= 11 is 0. The van der Waals surface area contributed by atoms with Crippen molar-refractivity contribution < 1.29 is 5.11 Å². The van der Waals surface area contributed by atoms with Gasteiger partial charge in [-0.05, 0) is 48.6 Å². The van der Waals surface area contributed by atoms with Gasteiger partial charge >= 0.3 is 5.69 Å². The van der Waals surface area contributed by atoms with Gasteiger partial charge in [0.1, 0.15) is 5.82 Å². The number of nitrogens with one attached hydrogen (secondary N) is 2. The molecule has 4 aromatic rings. The molecule has 1 fully saturated rings. The SMILES string of the molecule is O=c1ncccn1CCc1nc2ccc(C[C@@H]3CC[C@H]([C@@H](O)c4ccccc4)N3)cc2[nH]1. The number of aryl methyl sites for hydroxylation is 2. The minimum absolute atomic E-state index is 0.0840. The molecule has 0 radical (unpaired) electrons. The summed E-state index contributed by atoms with van der Waals surface area (Å²) in [5, 5.41) is 14.3. The van der Waals surface area contributed by atoms with Gasteiger partial charge in [0.25, 0.3) is 0 Å². The summed E-state index contributed by atoms with van der Waals surface area (Å²) in [6, 6.07) is 18.4. The van der Waals surface area contributed by atoms with Gasteiger partial charge in [0.05, 0.1) is 17.1 Å². The predicted molar refractivity (Wildman–Crippen MR) is 123 cm³/mol. The van der Waals surface area contributed by atoms with Crippen LogP contribution in [0.25, 0.3) is 11.0 Å². The van der Waals surface area contributed by atoms with Crippen LogP contribution in [0.3, 0.4) is 0 Å². The van der Waals surface area contributed by atoms with E-state index < -0.39 is 6.10 Å². The number of fused-ring (bicyclic) bond motifs is 1. The third-order valence-electron chi connectivity index (χ3n) is 6.25. The molecule has 3 atom stereocenters. The van der Waals surface area contributed by atoms with Crippen molar-refractivity contribution in [2.75, 3.05) is 0 Å². The second-order valence-corrected chi connectivity index (χ2v) is 8.49. The zero-order valence-corrected chi connectivity index (χ0v) is 17.8. The van der Waals surface area contributed by atoms with Crippen LogP contribution in [-0.2, 0) is 19.4 Å². The lowest BCUT2D eigenvalue weighted by Gasteiger charge is -2.20. The van der Waals surface area contributed by atoms with E-state index >= 15 is 0 Å². The number of aliphatic hydroxyl groups excluding tert-OH is 1. The zero-order valence-electron chi connectivity index (χ0n) is 17.8. The summed E-state index contributed by atoms with van der Waals surface area (Å²) in [6.45, 7) is 0.538. The minimum atomic E-state index is -0.480. The topological polar surface area (TPSA) is 95.8 Å². The first-order valence-corrected chi connectivity index (χ1v) is 11.1. The quantitative estimate of drug-likeness (QED) is 0.420. The summed E-state index contributed by atoms with van der Waals surface area (Å²) < 4.78 is 1.59. The second-order valence-electron chi connectivity index (χ2n) is 8.49. The highest BCUT2D eigenvalue weighted by Gasteiger charge is 2.29. The Labute approximate surface area is 186 Å². The summed E-state index contributed by atoms with van der Waals surface area (Å²) in [7, 11) is 0. The van der Waals surface area contributed by atoms with Crippen molar-refractivity contribution in [1.82, 2.24) is 24.8 Å². The minimum Gasteiger partial charge on any atom is -0.387 e. The molecule has 3 N–H and O–H groups in total. The van der Waals surface area contributed by atoms with Crippen molar-refractivity contribution in [3.8, 4) is 0 Å². The van der Waals surface area contributed by atoms with Gasteiger partial charge in [0.15, 0.2) is 0 Å². The van der Waals surface area contributed by atoms with E-state index in [9.17, 15) is 9.90 Å². The molecule has 0 unspecified atom stereocenters. The first-order valence-electron chi connectivity index (χ1n) is 11.1. The van der Waals surface area contributed by atoms with Crippen LogP contribution in [0.4, 0.5) is 0 Å². The van der Waals surface area contributed by atoms with Gasteiger partial charge in [-0.3, -0.25) is 4.57 Å². The molecule has 32 heavy (non-hydrogen) atoms. The molecule has 164 valence electrons. The average Bonchev–Trinajstić information content (AvgIpc) is 3.45. The van der Waals surface area contributed by atoms with Gasteiger partial charge in [0.2, 0.25) is 0 Å². The summed E-state index contributed by atoms with van der Waals surface area (Å²) in [4.78, 5) is 23.6. The summed E-state index contributed by atoms with van der Waals surface area (Å²) in [5.74, 6) is 0.859. The molecule has 3 heterocycles. The lowest BCUT2D eigenvalue weighted by Crippen LogP contribution is -2.35. The van der Waals surface area contributed by atoms with Gasteiger partial charge in [-0.15, -0.1) is 0 Å². The van der Waals surface area contributed by atoms with E-state index in [1.807, 2.05) is 36.4 Å². The third kappa shape index (κ3) is 4.49. The molecular formula is C25H27N5O2. The number of aromatic amines is 1. The van der Waals surface area contributed by atoms with Crippen molar-refractivity contribution >= 4 is 11.0 Å². The van der Waals surface area contributed by atoms with E-state index in [0.29, 0.717) is 19.0 Å². The Hall–Kier alpha value is -3.29. The van der Waals surface area contributed by atoms with Gasteiger partial charge in [-0.2, -0.15) is 0 Å². The molecule has 0 amide bonds. The third-order valence-corrected chi connectivity index (χ3v) is 6.25. The van der Waals surface area contributed by atoms with Gasteiger partial charge in [-0.1, -0.05) is 36.4 Å². The standard InChI is InChI=1S/C25H27N5O2/c31-24(18-5-2-1-3-6-18)21-10-8-19(27-21)15-17-7-9-20-22(16-17)29-23(28-20)11-14-30-13-4-12-26-25(30)32/h1-7,9,12-13,16,19,21,24,27,31H,8,10-11,14-15H2,(H,28,29)/t19-,21+,24-/m0/s1. The molecule has 7 heteroatoms.